The van der Waals surface area contributed by atoms with E-state index in [0.29, 0.717) is 19.0 Å². The van der Waals surface area contributed by atoms with Gasteiger partial charge in [0, 0.05) is 56.8 Å². The highest BCUT2D eigenvalue weighted by atomic mass is 16.6. The molecule has 10 nitrogen and oxygen atoms in total. The van der Waals surface area contributed by atoms with Gasteiger partial charge in [0.2, 0.25) is 0 Å². The van der Waals surface area contributed by atoms with E-state index in [4.69, 9.17) is 25.2 Å². The van der Waals surface area contributed by atoms with Crippen LogP contribution >= 0.6 is 0 Å². The molecule has 0 aliphatic carbocycles. The number of fused-ring (bicyclic) bond motifs is 3. The molecule has 0 radical (unpaired) electrons. The molecule has 43 heavy (non-hydrogen) atoms. The maximum atomic E-state index is 11.8. The molecule has 238 valence electrons. The Morgan fingerprint density at radius 2 is 1.81 bits per heavy atom. The van der Waals surface area contributed by atoms with Crippen LogP contribution in [0.4, 0.5) is 11.5 Å². The number of hydrogen-bond donors (Lipinski definition) is 1. The lowest BCUT2D eigenvalue weighted by atomic mass is 10.1. The minimum Gasteiger partial charge on any atom is -0.460 e. The van der Waals surface area contributed by atoms with Gasteiger partial charge in [0.15, 0.2) is 5.82 Å². The third-order valence-corrected chi connectivity index (χ3v) is 8.05. The molecule has 3 aromatic rings. The van der Waals surface area contributed by atoms with Gasteiger partial charge >= 0.3 is 5.97 Å². The van der Waals surface area contributed by atoms with Crippen molar-refractivity contribution in [3.8, 4) is 0 Å². The van der Waals surface area contributed by atoms with Crippen LogP contribution in [0.2, 0.25) is 0 Å². The molecule has 0 atom stereocenters. The van der Waals surface area contributed by atoms with Crippen LogP contribution in [0.25, 0.3) is 21.9 Å². The lowest BCUT2D eigenvalue weighted by Gasteiger charge is -2.34. The van der Waals surface area contributed by atoms with Gasteiger partial charge in [0.05, 0.1) is 30.7 Å². The molecule has 10 heteroatoms. The molecule has 1 aliphatic rings. The maximum Gasteiger partial charge on any atom is 0.308 e. The summed E-state index contributed by atoms with van der Waals surface area (Å²) in [4.78, 5) is 28.8. The third kappa shape index (κ3) is 9.27. The Bertz CT molecular complexity index is 1340. The van der Waals surface area contributed by atoms with Crippen molar-refractivity contribution < 1.29 is 14.3 Å². The van der Waals surface area contributed by atoms with Crippen molar-refractivity contribution in [2.24, 2.45) is 0 Å². The Morgan fingerprint density at radius 3 is 2.53 bits per heavy atom. The Balaban J connectivity index is 1.39. The minimum absolute atomic E-state index is 0.216. The summed E-state index contributed by atoms with van der Waals surface area (Å²) in [7, 11) is 4.31. The number of benzene rings is 1. The van der Waals surface area contributed by atoms with Gasteiger partial charge in [-0.05, 0) is 78.9 Å². The van der Waals surface area contributed by atoms with Gasteiger partial charge in [-0.2, -0.15) is 0 Å². The van der Waals surface area contributed by atoms with Gasteiger partial charge < -0.3 is 34.5 Å². The van der Waals surface area contributed by atoms with Crippen LogP contribution in [0.5, 0.6) is 0 Å². The topological polar surface area (TPSA) is 102 Å². The number of piperazine rings is 1. The molecule has 1 aromatic carbocycles. The number of hydrogen-bond acceptors (Lipinski definition) is 9. The minimum atomic E-state index is -0.457. The van der Waals surface area contributed by atoms with Crippen molar-refractivity contribution in [2.75, 3.05) is 77.2 Å². The number of esters is 1. The van der Waals surface area contributed by atoms with E-state index >= 15 is 0 Å². The van der Waals surface area contributed by atoms with Crippen molar-refractivity contribution in [3.05, 3.63) is 24.0 Å². The number of rotatable bonds is 15. The first kappa shape index (κ1) is 33.0. The molecule has 1 fully saturated rings. The fourth-order valence-electron chi connectivity index (χ4n) is 5.61. The molecule has 0 amide bonds. The predicted octanol–water partition coefficient (Wildman–Crippen LogP) is 4.72. The van der Waals surface area contributed by atoms with Crippen LogP contribution in [0.1, 0.15) is 65.6 Å². The molecule has 0 unspecified atom stereocenters. The standard InChI is InChI=1S/C33H53N7O3/c1-7-8-11-28-36-30-31(26-24-25(12-13-27(26)35-32(30)34)39-19-17-38(6)18-20-39)40(28)16-10-9-15-37(5)21-23-42-22-14-29(41)43-33(2,3)4/h12-13,24H,7-11,14-23H2,1-6H3,(H2,34,35). The first-order valence-corrected chi connectivity index (χ1v) is 16.1. The number of nitrogen functional groups attached to an aromatic ring is 1. The second-order valence-corrected chi connectivity index (χ2v) is 12.9. The fraction of sp³-hybridized carbons (Fsp3) is 0.667. The van der Waals surface area contributed by atoms with Crippen molar-refractivity contribution in [1.82, 2.24) is 24.3 Å². The highest BCUT2D eigenvalue weighted by Crippen LogP contribution is 2.32. The van der Waals surface area contributed by atoms with Crippen LogP contribution < -0.4 is 10.6 Å². The summed E-state index contributed by atoms with van der Waals surface area (Å²) in [5, 5.41) is 1.14. The number of aromatic nitrogens is 3. The highest BCUT2D eigenvalue weighted by Gasteiger charge is 2.20. The van der Waals surface area contributed by atoms with Crippen molar-refractivity contribution >= 4 is 39.4 Å². The number of nitrogens with zero attached hydrogens (tertiary/aromatic N) is 6. The molecular formula is C33H53N7O3. The number of carbonyl (C=O) groups excluding carboxylic acids is 1. The second kappa shape index (κ2) is 15.2. The number of carbonyl (C=O) groups is 1. The number of unbranched alkanes of at least 4 members (excludes halogenated alkanes) is 2. The monoisotopic (exact) mass is 595 g/mol. The zero-order chi connectivity index (χ0) is 31.0. The molecule has 1 aliphatic heterocycles. The normalized spacial score (nSPS) is 14.8. The molecule has 0 spiro atoms. The maximum absolute atomic E-state index is 11.8. The molecule has 3 heterocycles. The summed E-state index contributed by atoms with van der Waals surface area (Å²) < 4.78 is 13.4. The molecule has 2 N–H and O–H groups in total. The number of likely N-dealkylation sites (N-methyl/N-ethyl adjacent to an activating group) is 2. The Hall–Kier alpha value is -2.95. The number of imidazole rings is 1. The van der Waals surface area contributed by atoms with Gasteiger partial charge in [-0.15, -0.1) is 0 Å². The van der Waals surface area contributed by atoms with E-state index in [1.807, 2.05) is 20.8 Å². The van der Waals surface area contributed by atoms with Crippen molar-refractivity contribution in [3.63, 3.8) is 0 Å². The zero-order valence-electron chi connectivity index (χ0n) is 27.3. The van der Waals surface area contributed by atoms with Gasteiger partial charge in [-0.3, -0.25) is 4.79 Å². The summed E-state index contributed by atoms with van der Waals surface area (Å²) in [6, 6.07) is 6.60. The van der Waals surface area contributed by atoms with Gasteiger partial charge in [-0.1, -0.05) is 13.3 Å². The van der Waals surface area contributed by atoms with Crippen LogP contribution in [-0.2, 0) is 27.2 Å². The number of nitrogens with two attached hydrogens (primary N) is 1. The molecular weight excluding hydrogens is 542 g/mol. The summed E-state index contributed by atoms with van der Waals surface area (Å²) in [5.41, 5.74) is 10.2. The average molecular weight is 596 g/mol. The Kier molecular flexibility index (Phi) is 11.6. The first-order valence-electron chi connectivity index (χ1n) is 16.1. The molecule has 0 bridgehead atoms. The first-order chi connectivity index (χ1) is 20.6. The smallest absolute Gasteiger partial charge is 0.308 e. The largest absolute Gasteiger partial charge is 0.460 e. The lowest BCUT2D eigenvalue weighted by molar-refractivity contribution is -0.156. The van der Waals surface area contributed by atoms with E-state index in [-0.39, 0.29) is 12.4 Å². The molecule has 2 aromatic heterocycles. The van der Waals surface area contributed by atoms with E-state index in [9.17, 15) is 4.79 Å². The highest BCUT2D eigenvalue weighted by molar-refractivity contribution is 6.07. The van der Waals surface area contributed by atoms with E-state index < -0.39 is 5.60 Å². The lowest BCUT2D eigenvalue weighted by Crippen LogP contribution is -2.44. The third-order valence-electron chi connectivity index (χ3n) is 8.05. The Morgan fingerprint density at radius 1 is 1.05 bits per heavy atom. The number of pyridine rings is 1. The van der Waals surface area contributed by atoms with E-state index in [1.165, 1.54) is 5.69 Å². The van der Waals surface area contributed by atoms with Gasteiger partial charge in [0.25, 0.3) is 0 Å². The molecule has 1 saturated heterocycles. The summed E-state index contributed by atoms with van der Waals surface area (Å²) in [6.07, 6.45) is 5.53. The quantitative estimate of drug-likeness (QED) is 0.198. The number of anilines is 2. The molecule has 4 rings (SSSR count). The van der Waals surface area contributed by atoms with Crippen molar-refractivity contribution in [2.45, 2.75) is 78.4 Å². The van der Waals surface area contributed by atoms with E-state index in [0.717, 1.165) is 106 Å². The van der Waals surface area contributed by atoms with Crippen LogP contribution in [0, 0.1) is 0 Å². The SMILES string of the molecule is CCCCc1nc2c(N)nc3ccc(N4CCN(C)CC4)cc3c2n1CCCCN(C)CCOCCC(=O)OC(C)(C)C. The summed E-state index contributed by atoms with van der Waals surface area (Å²) in [6.45, 7) is 15.7. The van der Waals surface area contributed by atoms with E-state index in [2.05, 4.69) is 58.5 Å². The van der Waals surface area contributed by atoms with Crippen molar-refractivity contribution in [1.29, 1.82) is 0 Å². The fourth-order valence-corrected chi connectivity index (χ4v) is 5.61. The van der Waals surface area contributed by atoms with Crippen LogP contribution in [0.3, 0.4) is 0 Å². The second-order valence-electron chi connectivity index (χ2n) is 12.9. The zero-order valence-corrected chi connectivity index (χ0v) is 27.3. The summed E-state index contributed by atoms with van der Waals surface area (Å²) in [5.74, 6) is 1.40. The van der Waals surface area contributed by atoms with Gasteiger partial charge in [-0.25, -0.2) is 9.97 Å². The average Bonchev–Trinajstić information content (AvgIpc) is 3.32. The molecule has 0 saturated carbocycles. The Labute approximate surface area is 257 Å². The summed E-state index contributed by atoms with van der Waals surface area (Å²) >= 11 is 0. The van der Waals surface area contributed by atoms with Crippen LogP contribution in [-0.4, -0.2) is 102 Å². The van der Waals surface area contributed by atoms with Gasteiger partial charge in [0.1, 0.15) is 16.9 Å². The number of aryl methyl sites for hydroxylation is 2. The van der Waals surface area contributed by atoms with E-state index in [1.54, 1.807) is 0 Å². The van der Waals surface area contributed by atoms with Crippen LogP contribution in [0.15, 0.2) is 18.2 Å². The number of ether oxygens (including phenoxy) is 2. The predicted molar refractivity (Wildman–Crippen MR) is 176 cm³/mol.